The molecule has 1 fully saturated rings. The Kier molecular flexibility index (Phi) is 3.42. The molecule has 0 aromatic carbocycles. The van der Waals surface area contributed by atoms with Crippen LogP contribution in [-0.2, 0) is 0 Å². The number of anilines is 2. The highest BCUT2D eigenvalue weighted by molar-refractivity contribution is 6.37. The number of nitrogens with zero attached hydrogens (tertiary/aromatic N) is 2. The number of nitrogens with two attached hydrogens (primary N) is 1. The molecule has 1 heterocycles. The van der Waals surface area contributed by atoms with Gasteiger partial charge in [-0.2, -0.15) is 0 Å². The van der Waals surface area contributed by atoms with E-state index < -0.39 is 0 Å². The second kappa shape index (κ2) is 4.65. The zero-order valence-corrected chi connectivity index (χ0v) is 10.5. The summed E-state index contributed by atoms with van der Waals surface area (Å²) >= 11 is 12.0. The molecule has 1 aromatic heterocycles. The lowest BCUT2D eigenvalue weighted by molar-refractivity contribution is 0.399. The minimum Gasteiger partial charge on any atom is -0.355 e. The van der Waals surface area contributed by atoms with E-state index in [0.717, 1.165) is 5.82 Å². The number of rotatable bonds is 3. The molecule has 1 aromatic rings. The van der Waals surface area contributed by atoms with E-state index in [1.54, 1.807) is 6.07 Å². The number of nitrogen functional groups attached to an aromatic ring is 1. The van der Waals surface area contributed by atoms with Crippen molar-refractivity contribution >= 4 is 34.8 Å². The molecule has 0 unspecified atom stereocenters. The molecule has 3 N–H and O–H groups in total. The van der Waals surface area contributed by atoms with Gasteiger partial charge in [-0.1, -0.05) is 23.2 Å². The van der Waals surface area contributed by atoms with Gasteiger partial charge >= 0.3 is 0 Å². The van der Waals surface area contributed by atoms with E-state index in [4.69, 9.17) is 29.0 Å². The first-order valence-corrected chi connectivity index (χ1v) is 5.94. The summed E-state index contributed by atoms with van der Waals surface area (Å²) in [6.45, 7) is 0. The van der Waals surface area contributed by atoms with E-state index in [1.807, 2.05) is 7.05 Å². The van der Waals surface area contributed by atoms with E-state index in [-0.39, 0.29) is 0 Å². The molecule has 1 aliphatic rings. The van der Waals surface area contributed by atoms with Gasteiger partial charge in [0.05, 0.1) is 10.0 Å². The molecular weight excluding hydrogens is 247 g/mol. The quantitative estimate of drug-likeness (QED) is 0.648. The minimum atomic E-state index is 0.429. The standard InChI is InChI=1S/C10H14Cl2N4/c1-16(6-3-2-4-6)10-8(12)5-7(11)9(14-10)15-13/h5-6H,2-4,13H2,1H3,(H,14,15). The van der Waals surface area contributed by atoms with Crippen molar-refractivity contribution < 1.29 is 0 Å². The smallest absolute Gasteiger partial charge is 0.161 e. The number of aromatic nitrogens is 1. The van der Waals surface area contributed by atoms with Crippen molar-refractivity contribution in [3.8, 4) is 0 Å². The number of hydrogen-bond donors (Lipinski definition) is 2. The van der Waals surface area contributed by atoms with E-state index in [9.17, 15) is 0 Å². The summed E-state index contributed by atoms with van der Waals surface area (Å²) in [5.74, 6) is 6.51. The molecule has 0 amide bonds. The van der Waals surface area contributed by atoms with Crippen LogP contribution < -0.4 is 16.2 Å². The SMILES string of the molecule is CN(c1nc(NN)c(Cl)cc1Cl)C1CCC1. The molecule has 0 aliphatic heterocycles. The van der Waals surface area contributed by atoms with Crippen molar-refractivity contribution in [2.45, 2.75) is 25.3 Å². The molecule has 0 saturated heterocycles. The van der Waals surface area contributed by atoms with E-state index in [1.165, 1.54) is 19.3 Å². The van der Waals surface area contributed by atoms with Crippen LogP contribution in [0.5, 0.6) is 0 Å². The van der Waals surface area contributed by atoms with Gasteiger partial charge in [-0.05, 0) is 25.3 Å². The van der Waals surface area contributed by atoms with Crippen LogP contribution in [0, 0.1) is 0 Å². The van der Waals surface area contributed by atoms with Crippen LogP contribution in [0.25, 0.3) is 0 Å². The second-order valence-corrected chi connectivity index (χ2v) is 4.78. The summed E-state index contributed by atoms with van der Waals surface area (Å²) in [6, 6.07) is 2.19. The van der Waals surface area contributed by atoms with E-state index >= 15 is 0 Å². The van der Waals surface area contributed by atoms with E-state index in [2.05, 4.69) is 15.3 Å². The molecule has 0 bridgehead atoms. The molecule has 0 spiro atoms. The Morgan fingerprint density at radius 3 is 2.62 bits per heavy atom. The molecule has 0 radical (unpaired) electrons. The fourth-order valence-corrected chi connectivity index (χ4v) is 2.30. The molecular formula is C10H14Cl2N4. The first-order valence-electron chi connectivity index (χ1n) is 5.19. The first-order chi connectivity index (χ1) is 7.63. The van der Waals surface area contributed by atoms with Crippen LogP contribution in [0.1, 0.15) is 19.3 Å². The minimum absolute atomic E-state index is 0.429. The summed E-state index contributed by atoms with van der Waals surface area (Å²) in [4.78, 5) is 6.41. The number of hydrogen-bond acceptors (Lipinski definition) is 4. The van der Waals surface area contributed by atoms with Crippen LogP contribution in [0.4, 0.5) is 11.6 Å². The third-order valence-corrected chi connectivity index (χ3v) is 3.57. The van der Waals surface area contributed by atoms with Gasteiger partial charge in [0.15, 0.2) is 5.82 Å². The summed E-state index contributed by atoms with van der Waals surface area (Å²) < 4.78 is 0. The zero-order valence-electron chi connectivity index (χ0n) is 9.00. The van der Waals surface area contributed by atoms with Crippen LogP contribution in [0.2, 0.25) is 10.0 Å². The maximum atomic E-state index is 6.12. The van der Waals surface area contributed by atoms with E-state index in [0.29, 0.717) is 21.9 Å². The average molecular weight is 261 g/mol. The van der Waals surface area contributed by atoms with Crippen molar-refractivity contribution in [2.75, 3.05) is 17.4 Å². The van der Waals surface area contributed by atoms with Gasteiger partial charge in [-0.25, -0.2) is 10.8 Å². The predicted octanol–water partition coefficient (Wildman–Crippen LogP) is 2.66. The van der Waals surface area contributed by atoms with Crippen LogP contribution in [-0.4, -0.2) is 18.1 Å². The van der Waals surface area contributed by atoms with Gasteiger partial charge in [0.25, 0.3) is 0 Å². The van der Waals surface area contributed by atoms with Crippen molar-refractivity contribution in [1.82, 2.24) is 4.98 Å². The van der Waals surface area contributed by atoms with Gasteiger partial charge < -0.3 is 10.3 Å². The highest BCUT2D eigenvalue weighted by Gasteiger charge is 2.25. The summed E-state index contributed by atoms with van der Waals surface area (Å²) in [5.41, 5.74) is 2.46. The molecule has 1 saturated carbocycles. The number of halogens is 2. The van der Waals surface area contributed by atoms with Gasteiger partial charge in [0.1, 0.15) is 5.82 Å². The lowest BCUT2D eigenvalue weighted by Gasteiger charge is -2.36. The lowest BCUT2D eigenvalue weighted by Crippen LogP contribution is -2.37. The molecule has 2 rings (SSSR count). The normalized spacial score (nSPS) is 15.8. The fraction of sp³-hybridized carbons (Fsp3) is 0.500. The Bertz CT molecular complexity index is 393. The maximum absolute atomic E-state index is 6.12. The Labute approximate surface area is 105 Å². The molecule has 4 nitrogen and oxygen atoms in total. The fourth-order valence-electron chi connectivity index (χ4n) is 1.75. The van der Waals surface area contributed by atoms with Crippen molar-refractivity contribution in [2.24, 2.45) is 5.84 Å². The number of hydrazine groups is 1. The van der Waals surface area contributed by atoms with Gasteiger partial charge in [-0.15, -0.1) is 0 Å². The predicted molar refractivity (Wildman–Crippen MR) is 68.1 cm³/mol. The van der Waals surface area contributed by atoms with Crippen molar-refractivity contribution in [1.29, 1.82) is 0 Å². The summed E-state index contributed by atoms with van der Waals surface area (Å²) in [5, 5.41) is 0.983. The summed E-state index contributed by atoms with van der Waals surface area (Å²) in [7, 11) is 1.99. The lowest BCUT2D eigenvalue weighted by atomic mass is 9.92. The topological polar surface area (TPSA) is 54.2 Å². The number of nitrogens with one attached hydrogen (secondary N) is 1. The van der Waals surface area contributed by atoms with Gasteiger partial charge in [0.2, 0.25) is 0 Å². The largest absolute Gasteiger partial charge is 0.355 e. The molecule has 1 aliphatic carbocycles. The third kappa shape index (κ3) is 2.05. The summed E-state index contributed by atoms with van der Waals surface area (Å²) in [6.07, 6.45) is 3.63. The monoisotopic (exact) mass is 260 g/mol. The zero-order chi connectivity index (χ0) is 11.7. The van der Waals surface area contributed by atoms with Gasteiger partial charge in [0, 0.05) is 13.1 Å². The van der Waals surface area contributed by atoms with Crippen LogP contribution in [0.15, 0.2) is 6.07 Å². The Hall–Kier alpha value is -0.710. The van der Waals surface area contributed by atoms with Crippen LogP contribution >= 0.6 is 23.2 Å². The number of pyridine rings is 1. The first kappa shape index (κ1) is 11.8. The molecule has 6 heteroatoms. The Morgan fingerprint density at radius 1 is 1.44 bits per heavy atom. The maximum Gasteiger partial charge on any atom is 0.161 e. The Morgan fingerprint density at radius 2 is 2.12 bits per heavy atom. The van der Waals surface area contributed by atoms with Gasteiger partial charge in [-0.3, -0.25) is 0 Å². The van der Waals surface area contributed by atoms with Crippen molar-refractivity contribution in [3.05, 3.63) is 16.1 Å². The molecule has 88 valence electrons. The highest BCUT2D eigenvalue weighted by Crippen LogP contribution is 2.34. The Balaban J connectivity index is 2.31. The van der Waals surface area contributed by atoms with Crippen LogP contribution in [0.3, 0.4) is 0 Å². The third-order valence-electron chi connectivity index (χ3n) is 3.00. The second-order valence-electron chi connectivity index (χ2n) is 3.96. The average Bonchev–Trinajstić information content (AvgIpc) is 2.15. The highest BCUT2D eigenvalue weighted by atomic mass is 35.5. The van der Waals surface area contributed by atoms with Crippen molar-refractivity contribution in [3.63, 3.8) is 0 Å². The molecule has 16 heavy (non-hydrogen) atoms. The molecule has 0 atom stereocenters.